The van der Waals surface area contributed by atoms with Crippen molar-refractivity contribution in [1.82, 2.24) is 9.97 Å². The van der Waals surface area contributed by atoms with Crippen molar-refractivity contribution in [2.24, 2.45) is 0 Å². The number of benzene rings is 1. The topological polar surface area (TPSA) is 54.9 Å². The zero-order chi connectivity index (χ0) is 16.1. The molecule has 1 N–H and O–H groups in total. The third-order valence-electron chi connectivity index (χ3n) is 3.31. The fraction of sp³-hybridized carbons (Fsp3) is 0.118. The van der Waals surface area contributed by atoms with E-state index in [0.717, 1.165) is 11.3 Å². The maximum absolute atomic E-state index is 13.5. The Morgan fingerprint density at radius 3 is 2.74 bits per heavy atom. The van der Waals surface area contributed by atoms with Crippen LogP contribution in [0.1, 0.15) is 12.0 Å². The van der Waals surface area contributed by atoms with Crippen LogP contribution < -0.4 is 5.32 Å². The lowest BCUT2D eigenvalue weighted by Crippen LogP contribution is -2.12. The molecule has 4 nitrogen and oxygen atoms in total. The van der Waals surface area contributed by atoms with Crippen LogP contribution in [0.15, 0.2) is 54.2 Å². The van der Waals surface area contributed by atoms with Crippen molar-refractivity contribution < 1.29 is 9.18 Å². The first-order valence-electron chi connectivity index (χ1n) is 7.11. The van der Waals surface area contributed by atoms with Crippen molar-refractivity contribution in [2.45, 2.75) is 12.8 Å². The summed E-state index contributed by atoms with van der Waals surface area (Å²) in [7, 11) is 0. The average molecular weight is 327 g/mol. The van der Waals surface area contributed by atoms with E-state index in [1.807, 2.05) is 17.5 Å². The summed E-state index contributed by atoms with van der Waals surface area (Å²) in [5, 5.41) is 5.17. The van der Waals surface area contributed by atoms with E-state index in [9.17, 15) is 9.18 Å². The number of amides is 1. The Hall–Kier alpha value is -2.60. The van der Waals surface area contributed by atoms with E-state index in [4.69, 9.17) is 0 Å². The van der Waals surface area contributed by atoms with E-state index in [2.05, 4.69) is 15.3 Å². The minimum absolute atomic E-state index is 0.177. The third-order valence-corrected chi connectivity index (χ3v) is 4.06. The summed E-state index contributed by atoms with van der Waals surface area (Å²) in [6, 6.07) is 10.2. The number of thiazole rings is 1. The SMILES string of the molecule is O=C(CCc1ccccc1F)Nc1nc(-c2ccncc2)cs1. The highest BCUT2D eigenvalue weighted by Gasteiger charge is 2.09. The van der Waals surface area contributed by atoms with Gasteiger partial charge in [-0.3, -0.25) is 9.78 Å². The Morgan fingerprint density at radius 2 is 1.96 bits per heavy atom. The zero-order valence-corrected chi connectivity index (χ0v) is 13.0. The standard InChI is InChI=1S/C17H14FN3OS/c18-14-4-2-1-3-12(14)5-6-16(22)21-17-20-15(11-23-17)13-7-9-19-10-8-13/h1-4,7-11H,5-6H2,(H,20,21,22). The van der Waals surface area contributed by atoms with Crippen LogP contribution in [0.2, 0.25) is 0 Å². The summed E-state index contributed by atoms with van der Waals surface area (Å²) in [5.41, 5.74) is 2.28. The van der Waals surface area contributed by atoms with Crippen LogP contribution in [0.4, 0.5) is 9.52 Å². The molecule has 0 bridgehead atoms. The Kier molecular flexibility index (Phi) is 4.73. The molecule has 0 aliphatic carbocycles. The van der Waals surface area contributed by atoms with Gasteiger partial charge in [0.1, 0.15) is 5.82 Å². The largest absolute Gasteiger partial charge is 0.302 e. The maximum Gasteiger partial charge on any atom is 0.226 e. The van der Waals surface area contributed by atoms with Crippen LogP contribution in [0.3, 0.4) is 0 Å². The highest BCUT2D eigenvalue weighted by atomic mass is 32.1. The van der Waals surface area contributed by atoms with Crippen molar-refractivity contribution in [3.8, 4) is 11.3 Å². The number of nitrogens with one attached hydrogen (secondary N) is 1. The number of carbonyl (C=O) groups excluding carboxylic acids is 1. The molecule has 0 saturated carbocycles. The number of aryl methyl sites for hydroxylation is 1. The van der Waals surface area contributed by atoms with Crippen molar-refractivity contribution in [1.29, 1.82) is 0 Å². The predicted octanol–water partition coefficient (Wildman–Crippen LogP) is 3.92. The molecule has 0 aliphatic rings. The molecule has 0 atom stereocenters. The normalized spacial score (nSPS) is 10.5. The second-order valence-electron chi connectivity index (χ2n) is 4.91. The second kappa shape index (κ2) is 7.11. The van der Waals surface area contributed by atoms with Crippen LogP contribution in [0, 0.1) is 5.82 Å². The maximum atomic E-state index is 13.5. The van der Waals surface area contributed by atoms with Gasteiger partial charge in [0, 0.05) is 29.8 Å². The van der Waals surface area contributed by atoms with E-state index in [1.165, 1.54) is 17.4 Å². The summed E-state index contributed by atoms with van der Waals surface area (Å²) in [5.74, 6) is -0.460. The lowest BCUT2D eigenvalue weighted by molar-refractivity contribution is -0.116. The number of rotatable bonds is 5. The first-order chi connectivity index (χ1) is 11.2. The fourth-order valence-corrected chi connectivity index (χ4v) is 2.85. The third kappa shape index (κ3) is 3.98. The lowest BCUT2D eigenvalue weighted by atomic mass is 10.1. The highest BCUT2D eigenvalue weighted by molar-refractivity contribution is 7.14. The first kappa shape index (κ1) is 15.3. The molecule has 116 valence electrons. The van der Waals surface area contributed by atoms with Gasteiger partial charge in [-0.05, 0) is 30.2 Å². The molecule has 2 heterocycles. The Bertz CT molecular complexity index is 804. The van der Waals surface area contributed by atoms with Crippen LogP contribution in [-0.2, 0) is 11.2 Å². The monoisotopic (exact) mass is 327 g/mol. The van der Waals surface area contributed by atoms with Gasteiger partial charge in [0.05, 0.1) is 5.69 Å². The molecule has 1 amide bonds. The van der Waals surface area contributed by atoms with Crippen LogP contribution in [0.5, 0.6) is 0 Å². The van der Waals surface area contributed by atoms with Gasteiger partial charge in [0.25, 0.3) is 0 Å². The van der Waals surface area contributed by atoms with Gasteiger partial charge in [-0.1, -0.05) is 18.2 Å². The van der Waals surface area contributed by atoms with Gasteiger partial charge in [-0.2, -0.15) is 0 Å². The van der Waals surface area contributed by atoms with Gasteiger partial charge in [-0.25, -0.2) is 9.37 Å². The molecule has 0 aliphatic heterocycles. The number of anilines is 1. The summed E-state index contributed by atoms with van der Waals surface area (Å²) in [6.07, 6.45) is 3.97. The Balaban J connectivity index is 1.58. The molecule has 6 heteroatoms. The molecule has 0 fully saturated rings. The minimum atomic E-state index is -0.283. The smallest absolute Gasteiger partial charge is 0.226 e. The van der Waals surface area contributed by atoms with Gasteiger partial charge in [-0.15, -0.1) is 11.3 Å². The number of carbonyl (C=O) groups is 1. The highest BCUT2D eigenvalue weighted by Crippen LogP contribution is 2.24. The van der Waals surface area contributed by atoms with Crippen molar-refractivity contribution in [3.05, 3.63) is 65.6 Å². The van der Waals surface area contributed by atoms with Crippen molar-refractivity contribution >= 4 is 22.4 Å². The fourth-order valence-electron chi connectivity index (χ4n) is 2.12. The lowest BCUT2D eigenvalue weighted by Gasteiger charge is -2.03. The van der Waals surface area contributed by atoms with E-state index in [1.54, 1.807) is 30.6 Å². The number of pyridine rings is 1. The molecular formula is C17H14FN3OS. The molecule has 2 aromatic heterocycles. The first-order valence-corrected chi connectivity index (χ1v) is 7.99. The van der Waals surface area contributed by atoms with E-state index >= 15 is 0 Å². The summed E-state index contributed by atoms with van der Waals surface area (Å²) >= 11 is 1.36. The molecular weight excluding hydrogens is 313 g/mol. The molecule has 0 radical (unpaired) electrons. The van der Waals surface area contributed by atoms with Gasteiger partial charge < -0.3 is 5.32 Å². The Morgan fingerprint density at radius 1 is 1.17 bits per heavy atom. The van der Waals surface area contributed by atoms with Crippen LogP contribution in [-0.4, -0.2) is 15.9 Å². The number of hydrogen-bond donors (Lipinski definition) is 1. The number of hydrogen-bond acceptors (Lipinski definition) is 4. The van der Waals surface area contributed by atoms with Crippen LogP contribution in [0.25, 0.3) is 11.3 Å². The van der Waals surface area contributed by atoms with Gasteiger partial charge in [0.15, 0.2) is 5.13 Å². The van der Waals surface area contributed by atoms with Gasteiger partial charge in [0.2, 0.25) is 5.91 Å². The Labute approximate surface area is 137 Å². The molecule has 0 unspecified atom stereocenters. The second-order valence-corrected chi connectivity index (χ2v) is 5.77. The number of halogens is 1. The van der Waals surface area contributed by atoms with Gasteiger partial charge >= 0.3 is 0 Å². The van der Waals surface area contributed by atoms with E-state index in [-0.39, 0.29) is 18.1 Å². The van der Waals surface area contributed by atoms with E-state index < -0.39 is 0 Å². The summed E-state index contributed by atoms with van der Waals surface area (Å²) in [6.45, 7) is 0. The number of nitrogens with zero attached hydrogens (tertiary/aromatic N) is 2. The summed E-state index contributed by atoms with van der Waals surface area (Å²) < 4.78 is 13.5. The average Bonchev–Trinajstić information content (AvgIpc) is 3.03. The summed E-state index contributed by atoms with van der Waals surface area (Å²) in [4.78, 5) is 20.3. The van der Waals surface area contributed by atoms with Crippen molar-refractivity contribution in [3.63, 3.8) is 0 Å². The molecule has 23 heavy (non-hydrogen) atoms. The minimum Gasteiger partial charge on any atom is -0.302 e. The quantitative estimate of drug-likeness (QED) is 0.773. The molecule has 3 rings (SSSR count). The van der Waals surface area contributed by atoms with Crippen LogP contribution >= 0.6 is 11.3 Å². The molecule has 0 saturated heterocycles. The zero-order valence-electron chi connectivity index (χ0n) is 12.2. The molecule has 1 aromatic carbocycles. The van der Waals surface area contributed by atoms with E-state index in [0.29, 0.717) is 17.1 Å². The molecule has 3 aromatic rings. The molecule has 0 spiro atoms. The number of aromatic nitrogens is 2. The van der Waals surface area contributed by atoms with Crippen molar-refractivity contribution in [2.75, 3.05) is 5.32 Å². The predicted molar refractivity (Wildman–Crippen MR) is 88.7 cm³/mol.